The fraction of sp³-hybridized carbons (Fsp3) is 0.214. The van der Waals surface area contributed by atoms with Crippen molar-refractivity contribution in [2.45, 2.75) is 11.4 Å². The van der Waals surface area contributed by atoms with Crippen molar-refractivity contribution in [2.75, 3.05) is 25.1 Å². The van der Waals surface area contributed by atoms with E-state index >= 15 is 0 Å². The van der Waals surface area contributed by atoms with E-state index in [0.717, 1.165) is 9.87 Å². The third kappa shape index (κ3) is 3.32. The first-order valence-electron chi connectivity index (χ1n) is 6.36. The molecule has 0 radical (unpaired) electrons. The van der Waals surface area contributed by atoms with Gasteiger partial charge >= 0.3 is 0 Å². The lowest BCUT2D eigenvalue weighted by Crippen LogP contribution is -2.23. The van der Waals surface area contributed by atoms with Crippen LogP contribution in [0.5, 0.6) is 0 Å². The van der Waals surface area contributed by atoms with E-state index in [1.807, 2.05) is 12.1 Å². The molecule has 2 rings (SSSR count). The van der Waals surface area contributed by atoms with E-state index in [-0.39, 0.29) is 10.6 Å². The topological polar surface area (TPSA) is 88.3 Å². The van der Waals surface area contributed by atoms with Gasteiger partial charge in [0.15, 0.2) is 0 Å². The van der Waals surface area contributed by atoms with Crippen LogP contribution in [-0.4, -0.2) is 31.8 Å². The average Bonchev–Trinajstić information content (AvgIpc) is 2.47. The molecule has 0 amide bonds. The zero-order valence-corrected chi connectivity index (χ0v) is 12.8. The van der Waals surface area contributed by atoms with Crippen LogP contribution in [0, 0.1) is 0 Å². The number of aromatic nitrogens is 1. The summed E-state index contributed by atoms with van der Waals surface area (Å²) in [6, 6.07) is 8.68. The Hall–Kier alpha value is -2.12. The molecule has 0 saturated heterocycles. The van der Waals surface area contributed by atoms with Crippen molar-refractivity contribution < 1.29 is 8.42 Å². The van der Waals surface area contributed by atoms with Crippen LogP contribution in [0.15, 0.2) is 47.6 Å². The van der Waals surface area contributed by atoms with E-state index in [9.17, 15) is 8.42 Å². The number of nitrogen functional groups attached to an aromatic ring is 1. The van der Waals surface area contributed by atoms with Crippen molar-refractivity contribution in [1.29, 1.82) is 0 Å². The maximum atomic E-state index is 12.2. The van der Waals surface area contributed by atoms with Crippen molar-refractivity contribution in [3.63, 3.8) is 0 Å². The van der Waals surface area contributed by atoms with E-state index in [1.54, 1.807) is 24.5 Å². The number of para-hydroxylation sites is 1. The smallest absolute Gasteiger partial charge is 0.244 e. The van der Waals surface area contributed by atoms with Gasteiger partial charge < -0.3 is 11.1 Å². The van der Waals surface area contributed by atoms with Crippen molar-refractivity contribution >= 4 is 21.4 Å². The van der Waals surface area contributed by atoms with Crippen molar-refractivity contribution in [1.82, 2.24) is 9.29 Å². The third-order valence-electron chi connectivity index (χ3n) is 3.03. The fourth-order valence-corrected chi connectivity index (χ4v) is 2.85. The molecular weight excluding hydrogens is 288 g/mol. The van der Waals surface area contributed by atoms with Gasteiger partial charge in [0.05, 0.1) is 11.4 Å². The second-order valence-corrected chi connectivity index (χ2v) is 6.84. The molecule has 1 aromatic heterocycles. The monoisotopic (exact) mass is 306 g/mol. The molecule has 112 valence electrons. The summed E-state index contributed by atoms with van der Waals surface area (Å²) in [7, 11) is -0.604. The number of benzene rings is 1. The van der Waals surface area contributed by atoms with Gasteiger partial charge in [-0.15, -0.1) is 0 Å². The van der Waals surface area contributed by atoms with E-state index in [4.69, 9.17) is 5.73 Å². The van der Waals surface area contributed by atoms with Gasteiger partial charge in [0.1, 0.15) is 4.90 Å². The number of rotatable bonds is 5. The van der Waals surface area contributed by atoms with Crippen molar-refractivity contribution in [2.24, 2.45) is 0 Å². The predicted octanol–water partition coefficient (Wildman–Crippen LogP) is 1.53. The fourth-order valence-electron chi connectivity index (χ4n) is 1.82. The molecule has 0 aliphatic heterocycles. The van der Waals surface area contributed by atoms with Crippen LogP contribution in [-0.2, 0) is 16.6 Å². The third-order valence-corrected chi connectivity index (χ3v) is 4.90. The first-order chi connectivity index (χ1) is 9.93. The van der Waals surface area contributed by atoms with Crippen LogP contribution in [0.1, 0.15) is 5.56 Å². The van der Waals surface area contributed by atoms with E-state index < -0.39 is 10.0 Å². The Morgan fingerprint density at radius 3 is 2.62 bits per heavy atom. The minimum absolute atomic E-state index is 0.101. The quantitative estimate of drug-likeness (QED) is 0.818. The molecule has 6 nitrogen and oxygen atoms in total. The van der Waals surface area contributed by atoms with Crippen LogP contribution in [0.4, 0.5) is 11.4 Å². The zero-order valence-electron chi connectivity index (χ0n) is 11.9. The highest BCUT2D eigenvalue weighted by Gasteiger charge is 2.21. The van der Waals surface area contributed by atoms with Gasteiger partial charge in [0, 0.05) is 33.0 Å². The van der Waals surface area contributed by atoms with E-state index in [1.165, 1.54) is 20.2 Å². The summed E-state index contributed by atoms with van der Waals surface area (Å²) < 4.78 is 25.5. The standard InChI is InChI=1S/C14H18N4O2S/c1-18(2)21(19,20)13-7-3-6-12(14(13)15)17-10-11-5-4-8-16-9-11/h3-9,17H,10,15H2,1-2H3. The number of sulfonamides is 1. The number of nitrogens with one attached hydrogen (secondary N) is 1. The largest absolute Gasteiger partial charge is 0.396 e. The molecule has 1 heterocycles. The normalized spacial score (nSPS) is 11.6. The SMILES string of the molecule is CN(C)S(=O)(=O)c1cccc(NCc2cccnc2)c1N. The van der Waals surface area contributed by atoms with Gasteiger partial charge in [0.25, 0.3) is 0 Å². The van der Waals surface area contributed by atoms with Crippen LogP contribution in [0.25, 0.3) is 0 Å². The molecule has 0 atom stereocenters. The molecule has 0 unspecified atom stereocenters. The second-order valence-electron chi connectivity index (χ2n) is 4.72. The summed E-state index contributed by atoms with van der Waals surface area (Å²) in [6.45, 7) is 0.517. The molecule has 0 saturated carbocycles. The Balaban J connectivity index is 2.27. The summed E-state index contributed by atoms with van der Waals surface area (Å²) in [5.41, 5.74) is 7.77. The van der Waals surface area contributed by atoms with Gasteiger partial charge in [-0.05, 0) is 23.8 Å². The number of anilines is 2. The van der Waals surface area contributed by atoms with Crippen LogP contribution in [0.2, 0.25) is 0 Å². The first-order valence-corrected chi connectivity index (χ1v) is 7.80. The highest BCUT2D eigenvalue weighted by atomic mass is 32.2. The van der Waals surface area contributed by atoms with Gasteiger partial charge in [-0.2, -0.15) is 0 Å². The van der Waals surface area contributed by atoms with E-state index in [0.29, 0.717) is 12.2 Å². The number of hydrogen-bond acceptors (Lipinski definition) is 5. The number of nitrogens with zero attached hydrogens (tertiary/aromatic N) is 2. The molecule has 3 N–H and O–H groups in total. The molecule has 0 bridgehead atoms. The summed E-state index contributed by atoms with van der Waals surface area (Å²) in [5.74, 6) is 0. The number of hydrogen-bond donors (Lipinski definition) is 2. The lowest BCUT2D eigenvalue weighted by molar-refractivity contribution is 0.521. The number of nitrogens with two attached hydrogens (primary N) is 1. The molecule has 1 aromatic carbocycles. The Kier molecular flexibility index (Phi) is 4.44. The van der Waals surface area contributed by atoms with Gasteiger partial charge in [-0.25, -0.2) is 12.7 Å². The highest BCUT2D eigenvalue weighted by molar-refractivity contribution is 7.89. The van der Waals surface area contributed by atoms with Gasteiger partial charge in [0.2, 0.25) is 10.0 Å². The summed E-state index contributed by atoms with van der Waals surface area (Å²) in [4.78, 5) is 4.13. The molecule has 0 aliphatic rings. The molecule has 2 aromatic rings. The van der Waals surface area contributed by atoms with Gasteiger partial charge in [-0.3, -0.25) is 4.98 Å². The second kappa shape index (κ2) is 6.11. The molecule has 7 heteroatoms. The van der Waals surface area contributed by atoms with Crippen molar-refractivity contribution in [3.05, 3.63) is 48.3 Å². The molecule has 0 aliphatic carbocycles. The Morgan fingerprint density at radius 1 is 1.24 bits per heavy atom. The lowest BCUT2D eigenvalue weighted by Gasteiger charge is -2.16. The first kappa shape index (κ1) is 15.3. The lowest BCUT2D eigenvalue weighted by atomic mass is 10.2. The van der Waals surface area contributed by atoms with E-state index in [2.05, 4.69) is 10.3 Å². The Morgan fingerprint density at radius 2 is 2.00 bits per heavy atom. The molecule has 0 fully saturated rings. The Bertz CT molecular complexity index is 715. The Labute approximate surface area is 124 Å². The maximum absolute atomic E-state index is 12.2. The predicted molar refractivity (Wildman–Crippen MR) is 83.3 cm³/mol. The van der Waals surface area contributed by atoms with Crippen LogP contribution in [0.3, 0.4) is 0 Å². The summed E-state index contributed by atoms with van der Waals surface area (Å²) in [5, 5.41) is 3.13. The maximum Gasteiger partial charge on any atom is 0.244 e. The average molecular weight is 306 g/mol. The zero-order chi connectivity index (χ0) is 15.5. The molecular formula is C14H18N4O2S. The summed E-state index contributed by atoms with van der Waals surface area (Å²) in [6.07, 6.45) is 3.44. The molecule has 21 heavy (non-hydrogen) atoms. The number of pyridine rings is 1. The van der Waals surface area contributed by atoms with Gasteiger partial charge in [-0.1, -0.05) is 12.1 Å². The summed E-state index contributed by atoms with van der Waals surface area (Å²) >= 11 is 0. The van der Waals surface area contributed by atoms with Crippen LogP contribution < -0.4 is 11.1 Å². The highest BCUT2D eigenvalue weighted by Crippen LogP contribution is 2.28. The minimum atomic E-state index is -3.56. The molecule has 0 spiro atoms. The van der Waals surface area contributed by atoms with Crippen LogP contribution >= 0.6 is 0 Å². The minimum Gasteiger partial charge on any atom is -0.396 e. The van der Waals surface area contributed by atoms with Crippen molar-refractivity contribution in [3.8, 4) is 0 Å².